The fourth-order valence-corrected chi connectivity index (χ4v) is 5.04. The van der Waals surface area contributed by atoms with E-state index < -0.39 is 9.84 Å². The topological polar surface area (TPSA) is 51.2 Å². The highest BCUT2D eigenvalue weighted by atomic mass is 35.5. The van der Waals surface area contributed by atoms with Crippen LogP contribution in [0.3, 0.4) is 0 Å². The number of benzene rings is 3. The van der Waals surface area contributed by atoms with Crippen molar-refractivity contribution < 1.29 is 8.42 Å². The summed E-state index contributed by atoms with van der Waals surface area (Å²) in [4.78, 5) is 14.4. The van der Waals surface area contributed by atoms with Crippen LogP contribution in [-0.2, 0) is 9.84 Å². The molecule has 0 saturated heterocycles. The van der Waals surface area contributed by atoms with Gasteiger partial charge in [0.2, 0.25) is 0 Å². The summed E-state index contributed by atoms with van der Waals surface area (Å²) in [6.45, 7) is 0. The Labute approximate surface area is 171 Å². The predicted octanol–water partition coefficient (Wildman–Crippen LogP) is 5.65. The molecule has 1 aromatic heterocycles. The number of hydrogen-bond donors (Lipinski definition) is 0. The third-order valence-corrected chi connectivity index (χ3v) is 7.08. The molecule has 0 atom stereocenters. The first-order valence-electron chi connectivity index (χ1n) is 8.47. The molecule has 0 aliphatic heterocycles. The van der Waals surface area contributed by atoms with E-state index >= 15 is 0 Å². The quantitative estimate of drug-likeness (QED) is 0.425. The molecular formula is C22H15ClO3S2. The molecule has 4 rings (SSSR count). The normalized spacial score (nSPS) is 11.6. The molecule has 1 heterocycles. The minimum absolute atomic E-state index is 0.0566. The van der Waals surface area contributed by atoms with E-state index in [4.69, 9.17) is 11.6 Å². The molecule has 0 spiro atoms. The molecule has 3 nitrogen and oxygen atoms in total. The van der Waals surface area contributed by atoms with E-state index in [-0.39, 0.29) is 10.3 Å². The highest BCUT2D eigenvalue weighted by molar-refractivity contribution is 7.90. The van der Waals surface area contributed by atoms with E-state index in [1.54, 1.807) is 36.4 Å². The molecule has 0 unspecified atom stereocenters. The standard InChI is InChI=1S/C22H15ClO3S2/c1-28(25,26)17-12-8-15(9-13-17)22-20(14-6-10-16(23)11-7-14)21(24)18-4-2-3-5-19(18)27-22/h2-13H,1H3. The molecule has 6 heteroatoms. The van der Waals surface area contributed by atoms with E-state index in [1.165, 1.54) is 17.6 Å². The van der Waals surface area contributed by atoms with Crippen molar-refractivity contribution in [2.45, 2.75) is 4.90 Å². The van der Waals surface area contributed by atoms with E-state index in [0.29, 0.717) is 16.0 Å². The minimum Gasteiger partial charge on any atom is -0.288 e. The van der Waals surface area contributed by atoms with Gasteiger partial charge in [0.25, 0.3) is 0 Å². The van der Waals surface area contributed by atoms with Crippen LogP contribution >= 0.6 is 22.9 Å². The second-order valence-corrected chi connectivity index (χ2v) is 9.94. The fourth-order valence-electron chi connectivity index (χ4n) is 3.08. The van der Waals surface area contributed by atoms with E-state index in [2.05, 4.69) is 0 Å². The summed E-state index contributed by atoms with van der Waals surface area (Å²) in [7, 11) is -3.28. The van der Waals surface area contributed by atoms with Crippen molar-refractivity contribution in [3.8, 4) is 21.6 Å². The summed E-state index contributed by atoms with van der Waals surface area (Å²) in [5, 5.41) is 1.26. The summed E-state index contributed by atoms with van der Waals surface area (Å²) in [5.41, 5.74) is 2.11. The number of rotatable bonds is 3. The van der Waals surface area contributed by atoms with Gasteiger partial charge in [0.15, 0.2) is 15.3 Å². The van der Waals surface area contributed by atoms with Gasteiger partial charge in [0, 0.05) is 31.8 Å². The van der Waals surface area contributed by atoms with Gasteiger partial charge in [-0.2, -0.15) is 0 Å². The van der Waals surface area contributed by atoms with Crippen LogP contribution in [0.15, 0.2) is 82.5 Å². The lowest BCUT2D eigenvalue weighted by atomic mass is 10.0. The van der Waals surface area contributed by atoms with Crippen molar-refractivity contribution in [1.82, 2.24) is 0 Å². The van der Waals surface area contributed by atoms with Gasteiger partial charge in [0.1, 0.15) is 0 Å². The largest absolute Gasteiger partial charge is 0.288 e. The molecule has 0 N–H and O–H groups in total. The number of halogens is 1. The van der Waals surface area contributed by atoms with Gasteiger partial charge in [-0.05, 0) is 47.5 Å². The van der Waals surface area contributed by atoms with Crippen LogP contribution < -0.4 is 5.43 Å². The predicted molar refractivity (Wildman–Crippen MR) is 117 cm³/mol. The molecule has 140 valence electrons. The Hall–Kier alpha value is -2.47. The van der Waals surface area contributed by atoms with Crippen molar-refractivity contribution in [2.24, 2.45) is 0 Å². The van der Waals surface area contributed by atoms with Gasteiger partial charge >= 0.3 is 0 Å². The lowest BCUT2D eigenvalue weighted by Gasteiger charge is -2.11. The van der Waals surface area contributed by atoms with Crippen LogP contribution in [0.25, 0.3) is 31.7 Å². The zero-order valence-electron chi connectivity index (χ0n) is 14.8. The summed E-state index contributed by atoms with van der Waals surface area (Å²) >= 11 is 7.53. The maximum atomic E-state index is 13.3. The van der Waals surface area contributed by atoms with Crippen LogP contribution in [0.1, 0.15) is 0 Å². The maximum absolute atomic E-state index is 13.3. The molecule has 4 aromatic rings. The molecule has 0 radical (unpaired) electrons. The molecule has 0 saturated carbocycles. The average Bonchev–Trinajstić information content (AvgIpc) is 2.68. The minimum atomic E-state index is -3.28. The zero-order chi connectivity index (χ0) is 19.9. The number of hydrogen-bond acceptors (Lipinski definition) is 4. The van der Waals surface area contributed by atoms with Crippen molar-refractivity contribution in [1.29, 1.82) is 0 Å². The first kappa shape index (κ1) is 18.9. The molecule has 3 aromatic carbocycles. The Bertz CT molecular complexity index is 1340. The van der Waals surface area contributed by atoms with Gasteiger partial charge in [-0.3, -0.25) is 4.79 Å². The summed E-state index contributed by atoms with van der Waals surface area (Å²) in [6.07, 6.45) is 1.18. The molecule has 0 bridgehead atoms. The first-order valence-corrected chi connectivity index (χ1v) is 11.6. The van der Waals surface area contributed by atoms with Crippen LogP contribution in [0.5, 0.6) is 0 Å². The van der Waals surface area contributed by atoms with E-state index in [0.717, 1.165) is 20.7 Å². The Balaban J connectivity index is 2.03. The molecule has 0 aliphatic rings. The van der Waals surface area contributed by atoms with Gasteiger partial charge in [-0.15, -0.1) is 11.3 Å². The molecule has 0 fully saturated rings. The monoisotopic (exact) mass is 426 g/mol. The highest BCUT2D eigenvalue weighted by Gasteiger charge is 2.17. The van der Waals surface area contributed by atoms with Crippen LogP contribution in [0, 0.1) is 0 Å². The average molecular weight is 427 g/mol. The fraction of sp³-hybridized carbons (Fsp3) is 0.0455. The summed E-state index contributed by atoms with van der Waals surface area (Å²) in [5.74, 6) is 0. The summed E-state index contributed by atoms with van der Waals surface area (Å²) < 4.78 is 24.4. The van der Waals surface area contributed by atoms with Crippen molar-refractivity contribution in [2.75, 3.05) is 6.26 Å². The summed E-state index contributed by atoms with van der Waals surface area (Å²) in [6, 6.07) is 21.3. The van der Waals surface area contributed by atoms with E-state index in [9.17, 15) is 13.2 Å². The zero-order valence-corrected chi connectivity index (χ0v) is 17.2. The Kier molecular flexibility index (Phi) is 4.83. The Morgan fingerprint density at radius 3 is 2.07 bits per heavy atom. The Morgan fingerprint density at radius 2 is 1.43 bits per heavy atom. The molecule has 28 heavy (non-hydrogen) atoms. The van der Waals surface area contributed by atoms with Crippen LogP contribution in [0.4, 0.5) is 0 Å². The van der Waals surface area contributed by atoms with E-state index in [1.807, 2.05) is 36.4 Å². The van der Waals surface area contributed by atoms with Gasteiger partial charge in [0.05, 0.1) is 4.90 Å². The van der Waals surface area contributed by atoms with Crippen molar-refractivity contribution in [3.63, 3.8) is 0 Å². The number of fused-ring (bicyclic) bond motifs is 1. The molecular weight excluding hydrogens is 412 g/mol. The van der Waals surface area contributed by atoms with Crippen LogP contribution in [0.2, 0.25) is 5.02 Å². The lowest BCUT2D eigenvalue weighted by molar-refractivity contribution is 0.602. The second-order valence-electron chi connectivity index (χ2n) is 6.43. The first-order chi connectivity index (χ1) is 13.3. The van der Waals surface area contributed by atoms with Gasteiger partial charge in [-0.25, -0.2) is 8.42 Å². The smallest absolute Gasteiger partial charge is 0.196 e. The van der Waals surface area contributed by atoms with Gasteiger partial charge in [-0.1, -0.05) is 48.0 Å². The second kappa shape index (κ2) is 7.17. The van der Waals surface area contributed by atoms with Crippen molar-refractivity contribution >= 4 is 42.9 Å². The van der Waals surface area contributed by atoms with Gasteiger partial charge < -0.3 is 0 Å². The highest BCUT2D eigenvalue weighted by Crippen LogP contribution is 2.37. The Morgan fingerprint density at radius 1 is 0.821 bits per heavy atom. The van der Waals surface area contributed by atoms with Crippen molar-refractivity contribution in [3.05, 3.63) is 88.0 Å². The number of sulfone groups is 1. The lowest BCUT2D eigenvalue weighted by Crippen LogP contribution is -2.06. The maximum Gasteiger partial charge on any atom is 0.196 e. The third kappa shape index (κ3) is 3.49. The SMILES string of the molecule is CS(=O)(=O)c1ccc(-c2sc3ccccc3c(=O)c2-c2ccc(Cl)cc2)cc1. The van der Waals surface area contributed by atoms with Crippen LogP contribution in [-0.4, -0.2) is 14.7 Å². The molecule has 0 aliphatic carbocycles. The molecule has 0 amide bonds. The third-order valence-electron chi connectivity index (χ3n) is 4.48.